The molecule has 4 aromatic rings. The molecule has 5 nitrogen and oxygen atoms in total. The van der Waals surface area contributed by atoms with Gasteiger partial charge in [-0.2, -0.15) is 5.10 Å². The van der Waals surface area contributed by atoms with Crippen molar-refractivity contribution in [2.45, 2.75) is 57.5 Å². The summed E-state index contributed by atoms with van der Waals surface area (Å²) in [5.74, 6) is 0.281. The summed E-state index contributed by atoms with van der Waals surface area (Å²) in [6, 6.07) is 23.5. The summed E-state index contributed by atoms with van der Waals surface area (Å²) < 4.78 is 44.6. The molecule has 3 aromatic carbocycles. The first-order valence-electron chi connectivity index (χ1n) is 15.9. The quantitative estimate of drug-likeness (QED) is 0.191. The molecule has 0 N–H and O–H groups in total. The SMILES string of the molecule is [2H]C([2H])([2H])C([2H])([2H])n1cc(-c2ccc3c(c2)C[C@@H](C)N(c2ccc(C4CC4)cc2)[C@@H]3c2ccc(/C=C/C(=O)OC)cc2)cn1. The molecular formula is C34H35N3O2. The maximum Gasteiger partial charge on any atom is 0.330 e. The number of aryl methyl sites for hydroxylation is 1. The van der Waals surface area contributed by atoms with Crippen LogP contribution in [0.4, 0.5) is 5.69 Å². The van der Waals surface area contributed by atoms with Gasteiger partial charge in [0.05, 0.1) is 22.1 Å². The largest absolute Gasteiger partial charge is 0.466 e. The van der Waals surface area contributed by atoms with Crippen LogP contribution >= 0.6 is 0 Å². The highest BCUT2D eigenvalue weighted by Gasteiger charge is 2.34. The number of aromatic nitrogens is 2. The van der Waals surface area contributed by atoms with Crippen LogP contribution in [0.15, 0.2) is 85.2 Å². The third kappa shape index (κ3) is 5.14. The van der Waals surface area contributed by atoms with Gasteiger partial charge in [-0.25, -0.2) is 4.79 Å². The maximum absolute atomic E-state index is 11.6. The molecule has 0 amide bonds. The van der Waals surface area contributed by atoms with E-state index < -0.39 is 19.3 Å². The predicted molar refractivity (Wildman–Crippen MR) is 157 cm³/mol. The Kier molecular flexibility index (Phi) is 5.38. The van der Waals surface area contributed by atoms with Crippen molar-refractivity contribution in [1.29, 1.82) is 0 Å². The number of nitrogens with zero attached hydrogens (tertiary/aromatic N) is 3. The van der Waals surface area contributed by atoms with E-state index in [1.54, 1.807) is 6.08 Å². The molecule has 5 heteroatoms. The fraction of sp³-hybridized carbons (Fsp3) is 0.294. The number of benzene rings is 3. The van der Waals surface area contributed by atoms with Gasteiger partial charge >= 0.3 is 5.97 Å². The van der Waals surface area contributed by atoms with Crippen LogP contribution in [0.2, 0.25) is 0 Å². The van der Waals surface area contributed by atoms with Crippen molar-refractivity contribution in [1.82, 2.24) is 9.78 Å². The molecule has 0 radical (unpaired) electrons. The van der Waals surface area contributed by atoms with Crippen molar-refractivity contribution in [3.8, 4) is 11.1 Å². The zero-order chi connectivity index (χ0) is 31.2. The van der Waals surface area contributed by atoms with Crippen molar-refractivity contribution in [3.63, 3.8) is 0 Å². The summed E-state index contributed by atoms with van der Waals surface area (Å²) in [5.41, 5.74) is 8.42. The van der Waals surface area contributed by atoms with E-state index in [2.05, 4.69) is 65.5 Å². The highest BCUT2D eigenvalue weighted by Crippen LogP contribution is 2.44. The molecule has 2 heterocycles. The van der Waals surface area contributed by atoms with Crippen LogP contribution in [0, 0.1) is 0 Å². The van der Waals surface area contributed by atoms with E-state index in [0.717, 1.165) is 33.5 Å². The molecule has 1 aliphatic carbocycles. The summed E-state index contributed by atoms with van der Waals surface area (Å²) in [6.07, 6.45) is 9.45. The van der Waals surface area contributed by atoms with Crippen LogP contribution in [-0.4, -0.2) is 28.9 Å². The fourth-order valence-corrected chi connectivity index (χ4v) is 5.68. The number of carbonyl (C=O) groups excluding carboxylic acids is 1. The topological polar surface area (TPSA) is 47.4 Å². The number of carbonyl (C=O) groups is 1. The van der Waals surface area contributed by atoms with Crippen LogP contribution < -0.4 is 4.90 Å². The van der Waals surface area contributed by atoms with Crippen molar-refractivity contribution in [2.24, 2.45) is 0 Å². The lowest BCUT2D eigenvalue weighted by Gasteiger charge is -2.44. The second-order valence-corrected chi connectivity index (χ2v) is 10.5. The highest BCUT2D eigenvalue weighted by molar-refractivity contribution is 5.86. The number of fused-ring (bicyclic) bond motifs is 1. The van der Waals surface area contributed by atoms with Crippen molar-refractivity contribution in [3.05, 3.63) is 113 Å². The van der Waals surface area contributed by atoms with Gasteiger partial charge in [0.25, 0.3) is 0 Å². The van der Waals surface area contributed by atoms with Gasteiger partial charge < -0.3 is 9.64 Å². The zero-order valence-corrected chi connectivity index (χ0v) is 22.2. The van der Waals surface area contributed by atoms with E-state index in [9.17, 15) is 4.79 Å². The molecule has 6 rings (SSSR count). The number of hydrogen-bond acceptors (Lipinski definition) is 4. The van der Waals surface area contributed by atoms with E-state index in [0.29, 0.717) is 11.5 Å². The van der Waals surface area contributed by atoms with Gasteiger partial charge in [-0.15, -0.1) is 0 Å². The van der Waals surface area contributed by atoms with Crippen LogP contribution in [0.25, 0.3) is 17.2 Å². The molecule has 0 unspecified atom stereocenters. The number of anilines is 1. The number of esters is 1. The zero-order valence-electron chi connectivity index (χ0n) is 27.2. The monoisotopic (exact) mass is 522 g/mol. The standard InChI is InChI=1S/C34H35N3O2/c1-4-36-22-30(21-35-36)28-14-17-32-29(20-28)19-23(2)37(31-15-12-26(13-16-31)25-10-11-25)34(32)27-8-5-24(6-9-27)7-18-33(38)39-3/h5-9,12-18,20-23,25,34H,4,10-11,19H2,1-3H3/b18-7+/t23-,34-/m1/s1/i1D3,4D2. The summed E-state index contributed by atoms with van der Waals surface area (Å²) in [6.45, 7) is -3.24. The Morgan fingerprint density at radius 3 is 2.56 bits per heavy atom. The van der Waals surface area contributed by atoms with E-state index in [1.165, 1.54) is 55.1 Å². The molecule has 1 saturated carbocycles. The maximum atomic E-state index is 11.6. The van der Waals surface area contributed by atoms with Crippen molar-refractivity contribution >= 4 is 17.7 Å². The van der Waals surface area contributed by atoms with Gasteiger partial charge in [-0.1, -0.05) is 54.6 Å². The van der Waals surface area contributed by atoms with Crippen molar-refractivity contribution < 1.29 is 16.4 Å². The Hall–Kier alpha value is -4.12. The van der Waals surface area contributed by atoms with Crippen LogP contribution in [0.5, 0.6) is 0 Å². The van der Waals surface area contributed by atoms with E-state index in [4.69, 9.17) is 11.6 Å². The molecule has 0 saturated heterocycles. The Balaban J connectivity index is 1.38. The summed E-state index contributed by atoms with van der Waals surface area (Å²) in [5, 5.41) is 4.07. The number of hydrogen-bond donors (Lipinski definition) is 0. The minimum atomic E-state index is -2.85. The molecule has 198 valence electrons. The van der Waals surface area contributed by atoms with Gasteiger partial charge in [0.1, 0.15) is 0 Å². The lowest BCUT2D eigenvalue weighted by Crippen LogP contribution is -2.42. The van der Waals surface area contributed by atoms with Crippen LogP contribution in [0.1, 0.15) is 73.2 Å². The van der Waals surface area contributed by atoms with Gasteiger partial charge in [0.15, 0.2) is 0 Å². The third-order valence-corrected chi connectivity index (χ3v) is 7.84. The summed E-state index contributed by atoms with van der Waals surface area (Å²) >= 11 is 0. The Morgan fingerprint density at radius 1 is 1.08 bits per heavy atom. The molecule has 39 heavy (non-hydrogen) atoms. The lowest BCUT2D eigenvalue weighted by atomic mass is 9.83. The summed E-state index contributed by atoms with van der Waals surface area (Å²) in [4.78, 5) is 14.1. The van der Waals surface area contributed by atoms with E-state index >= 15 is 0 Å². The lowest BCUT2D eigenvalue weighted by molar-refractivity contribution is -0.134. The first-order chi connectivity index (χ1) is 21.0. The molecule has 1 fully saturated rings. The van der Waals surface area contributed by atoms with Gasteiger partial charge in [0, 0.05) is 40.2 Å². The highest BCUT2D eigenvalue weighted by atomic mass is 16.5. The minimum absolute atomic E-state index is 0.0689. The second-order valence-electron chi connectivity index (χ2n) is 10.5. The molecule has 1 aromatic heterocycles. The molecule has 2 aliphatic rings. The average Bonchev–Trinajstić information content (AvgIpc) is 3.73. The molecule has 0 spiro atoms. The normalized spacial score (nSPS) is 21.4. The first kappa shape index (κ1) is 19.9. The Morgan fingerprint density at radius 2 is 1.85 bits per heavy atom. The molecule has 0 bridgehead atoms. The fourth-order valence-electron chi connectivity index (χ4n) is 5.68. The minimum Gasteiger partial charge on any atom is -0.466 e. The number of rotatable bonds is 7. The van der Waals surface area contributed by atoms with Gasteiger partial charge in [0.2, 0.25) is 0 Å². The Labute approximate surface area is 237 Å². The second kappa shape index (κ2) is 10.6. The smallest absolute Gasteiger partial charge is 0.330 e. The Bertz CT molecular complexity index is 1690. The number of ether oxygens (including phenoxy) is 1. The number of methoxy groups -OCH3 is 1. The van der Waals surface area contributed by atoms with E-state index in [1.807, 2.05) is 18.2 Å². The summed E-state index contributed by atoms with van der Waals surface area (Å²) in [7, 11) is 1.36. The van der Waals surface area contributed by atoms with Gasteiger partial charge in [-0.3, -0.25) is 4.68 Å². The first-order valence-corrected chi connectivity index (χ1v) is 13.4. The van der Waals surface area contributed by atoms with Crippen LogP contribution in [-0.2, 0) is 22.4 Å². The predicted octanol–water partition coefficient (Wildman–Crippen LogP) is 7.17. The van der Waals surface area contributed by atoms with E-state index in [-0.39, 0.29) is 12.1 Å². The molecule has 2 atom stereocenters. The molecular weight excluding hydrogens is 482 g/mol. The van der Waals surface area contributed by atoms with Crippen molar-refractivity contribution in [2.75, 3.05) is 12.0 Å². The van der Waals surface area contributed by atoms with Crippen LogP contribution in [0.3, 0.4) is 0 Å². The average molecular weight is 523 g/mol. The molecule has 1 aliphatic heterocycles. The third-order valence-electron chi connectivity index (χ3n) is 7.84. The van der Waals surface area contributed by atoms with Gasteiger partial charge in [-0.05, 0) is 90.5 Å².